The van der Waals surface area contributed by atoms with Crippen molar-refractivity contribution in [3.8, 4) is 22.9 Å². The maximum Gasteiger partial charge on any atom is 0.335 e. The highest BCUT2D eigenvalue weighted by Crippen LogP contribution is 2.31. The van der Waals surface area contributed by atoms with E-state index in [-0.39, 0.29) is 47.1 Å². The van der Waals surface area contributed by atoms with Crippen molar-refractivity contribution in [3.63, 3.8) is 0 Å². The molecule has 1 aliphatic heterocycles. The van der Waals surface area contributed by atoms with Crippen LogP contribution >= 0.6 is 0 Å². The number of nitriles is 1. The molecule has 0 aliphatic carbocycles. The van der Waals surface area contributed by atoms with E-state index in [0.29, 0.717) is 41.1 Å². The first-order chi connectivity index (χ1) is 21.3. The molecule has 10 heteroatoms. The van der Waals surface area contributed by atoms with Crippen LogP contribution in [0.4, 0.5) is 13.2 Å². The van der Waals surface area contributed by atoms with Gasteiger partial charge in [0.25, 0.3) is 0 Å². The summed E-state index contributed by atoms with van der Waals surface area (Å²) in [7, 11) is 0. The molecule has 1 fully saturated rings. The van der Waals surface area contributed by atoms with E-state index in [1.165, 1.54) is 36.4 Å². The Bertz CT molecular complexity index is 1930. The summed E-state index contributed by atoms with van der Waals surface area (Å²) in [4.78, 5) is 16.3. The molecule has 1 saturated heterocycles. The molecule has 7 nitrogen and oxygen atoms in total. The van der Waals surface area contributed by atoms with Gasteiger partial charge >= 0.3 is 5.97 Å². The standard InChI is InChI=1S/C34H26F3N3O4/c35-27-9-6-22(16-32(27)44-19-24-5-3-21(17-38)13-28(24)36)26-8-4-20(12-29(26)37)14-33-39-30-10-7-23(34(41)42)15-31(30)40(33)18-25-2-1-11-43-25/h3-10,12-13,15-16,25H,1-2,11,14,18-19H2,(H,41,42). The zero-order chi connectivity index (χ0) is 30.8. The fourth-order valence-electron chi connectivity index (χ4n) is 5.39. The fraction of sp³-hybridized carbons (Fsp3) is 0.206. The summed E-state index contributed by atoms with van der Waals surface area (Å²) in [6.07, 6.45) is 2.09. The predicted molar refractivity (Wildman–Crippen MR) is 156 cm³/mol. The minimum absolute atomic E-state index is 0.0259. The normalized spacial score (nSPS) is 14.5. The Morgan fingerprint density at radius 1 is 1.02 bits per heavy atom. The zero-order valence-electron chi connectivity index (χ0n) is 23.4. The van der Waals surface area contributed by atoms with Crippen molar-refractivity contribution < 1.29 is 32.5 Å². The Hall–Kier alpha value is -5.14. The number of rotatable bonds is 9. The van der Waals surface area contributed by atoms with Crippen molar-refractivity contribution in [1.82, 2.24) is 9.55 Å². The maximum absolute atomic E-state index is 15.5. The SMILES string of the molecule is N#Cc1ccc(COc2cc(-c3ccc(Cc4nc5ccc(C(=O)O)cc5n4CC4CCCO4)cc3F)ccc2F)c(F)c1. The molecule has 1 aromatic heterocycles. The quantitative estimate of drug-likeness (QED) is 0.196. The zero-order valence-corrected chi connectivity index (χ0v) is 23.4. The highest BCUT2D eigenvalue weighted by atomic mass is 19.1. The Kier molecular flexibility index (Phi) is 8.05. The van der Waals surface area contributed by atoms with E-state index in [9.17, 15) is 18.7 Å². The van der Waals surface area contributed by atoms with E-state index in [4.69, 9.17) is 19.7 Å². The molecule has 222 valence electrons. The number of fused-ring (bicyclic) bond motifs is 1. The molecular weight excluding hydrogens is 571 g/mol. The Morgan fingerprint density at radius 2 is 1.89 bits per heavy atom. The number of hydrogen-bond acceptors (Lipinski definition) is 5. The van der Waals surface area contributed by atoms with Crippen molar-refractivity contribution in [1.29, 1.82) is 5.26 Å². The number of nitrogens with zero attached hydrogens (tertiary/aromatic N) is 3. The molecule has 1 unspecified atom stereocenters. The second-order valence-corrected chi connectivity index (χ2v) is 10.6. The average molecular weight is 598 g/mol. The molecule has 0 amide bonds. The van der Waals surface area contributed by atoms with E-state index in [2.05, 4.69) is 0 Å². The molecule has 1 aliphatic rings. The Balaban J connectivity index is 1.25. The van der Waals surface area contributed by atoms with Crippen molar-refractivity contribution >= 4 is 17.0 Å². The molecule has 0 radical (unpaired) electrons. The summed E-state index contributed by atoms with van der Waals surface area (Å²) < 4.78 is 57.6. The van der Waals surface area contributed by atoms with Gasteiger partial charge in [0, 0.05) is 24.2 Å². The third kappa shape index (κ3) is 6.00. The number of hydrogen-bond donors (Lipinski definition) is 1. The van der Waals surface area contributed by atoms with Gasteiger partial charge in [-0.2, -0.15) is 5.26 Å². The van der Waals surface area contributed by atoms with Crippen LogP contribution in [0.15, 0.2) is 72.8 Å². The second-order valence-electron chi connectivity index (χ2n) is 10.6. The van der Waals surface area contributed by atoms with E-state index in [1.54, 1.807) is 24.3 Å². The van der Waals surface area contributed by atoms with Crippen LogP contribution in [-0.4, -0.2) is 33.3 Å². The smallest absolute Gasteiger partial charge is 0.335 e. The minimum atomic E-state index is -1.04. The summed E-state index contributed by atoms with van der Waals surface area (Å²) >= 11 is 0. The first-order valence-electron chi connectivity index (χ1n) is 14.0. The van der Waals surface area contributed by atoms with Gasteiger partial charge in [-0.05, 0) is 72.5 Å². The van der Waals surface area contributed by atoms with Crippen LogP contribution < -0.4 is 4.74 Å². The summed E-state index contributed by atoms with van der Waals surface area (Å²) in [6.45, 7) is 0.891. The number of ether oxygens (including phenoxy) is 2. The lowest BCUT2D eigenvalue weighted by Gasteiger charge is -2.15. The molecule has 0 saturated carbocycles. The van der Waals surface area contributed by atoms with Gasteiger partial charge in [-0.3, -0.25) is 0 Å². The monoisotopic (exact) mass is 597 g/mol. The third-order valence-corrected chi connectivity index (χ3v) is 7.69. The maximum atomic E-state index is 15.5. The van der Waals surface area contributed by atoms with Crippen LogP contribution in [-0.2, 0) is 24.3 Å². The number of benzene rings is 4. The number of carboxylic acid groups (broad SMARTS) is 1. The summed E-state index contributed by atoms with van der Waals surface area (Å²) in [5.74, 6) is -2.42. The highest BCUT2D eigenvalue weighted by Gasteiger charge is 2.21. The van der Waals surface area contributed by atoms with E-state index >= 15 is 4.39 Å². The minimum Gasteiger partial charge on any atom is -0.486 e. The topological polar surface area (TPSA) is 97.4 Å². The molecule has 4 aromatic carbocycles. The van der Waals surface area contributed by atoms with Gasteiger partial charge in [-0.1, -0.05) is 24.3 Å². The summed E-state index contributed by atoms with van der Waals surface area (Å²) in [5.41, 5.74) is 3.01. The molecule has 2 heterocycles. The molecule has 1 N–H and O–H groups in total. The molecule has 1 atom stereocenters. The van der Waals surface area contributed by atoms with Gasteiger partial charge in [0.1, 0.15) is 24.1 Å². The molecule has 5 aromatic rings. The molecule has 6 rings (SSSR count). The lowest BCUT2D eigenvalue weighted by Crippen LogP contribution is -2.17. The highest BCUT2D eigenvalue weighted by molar-refractivity contribution is 5.92. The van der Waals surface area contributed by atoms with Crippen molar-refractivity contribution in [2.75, 3.05) is 6.61 Å². The largest absolute Gasteiger partial charge is 0.486 e. The number of halogens is 3. The Labute approximate surface area is 250 Å². The van der Waals surface area contributed by atoms with Crippen molar-refractivity contribution in [2.24, 2.45) is 0 Å². The van der Waals surface area contributed by atoms with Crippen molar-refractivity contribution in [3.05, 3.63) is 118 Å². The van der Waals surface area contributed by atoms with Crippen LogP contribution in [0.25, 0.3) is 22.2 Å². The average Bonchev–Trinajstić information content (AvgIpc) is 3.65. The van der Waals surface area contributed by atoms with Gasteiger partial charge < -0.3 is 19.1 Å². The van der Waals surface area contributed by atoms with Gasteiger partial charge in [-0.25, -0.2) is 22.9 Å². The van der Waals surface area contributed by atoms with Crippen LogP contribution in [0.2, 0.25) is 0 Å². The first kappa shape index (κ1) is 29.0. The van der Waals surface area contributed by atoms with Gasteiger partial charge in [-0.15, -0.1) is 0 Å². The third-order valence-electron chi connectivity index (χ3n) is 7.69. The van der Waals surface area contributed by atoms with Crippen molar-refractivity contribution in [2.45, 2.75) is 38.5 Å². The number of carboxylic acids is 1. The van der Waals surface area contributed by atoms with Gasteiger partial charge in [0.15, 0.2) is 11.6 Å². The van der Waals surface area contributed by atoms with Crippen LogP contribution in [0, 0.1) is 28.8 Å². The summed E-state index contributed by atoms with van der Waals surface area (Å²) in [5, 5.41) is 18.4. The van der Waals surface area contributed by atoms with Gasteiger partial charge in [0.05, 0.1) is 40.9 Å². The number of aromatic nitrogens is 2. The van der Waals surface area contributed by atoms with Crippen LogP contribution in [0.3, 0.4) is 0 Å². The van der Waals surface area contributed by atoms with E-state index in [0.717, 1.165) is 25.0 Å². The molecular formula is C34H26F3N3O4. The lowest BCUT2D eigenvalue weighted by atomic mass is 10.0. The lowest BCUT2D eigenvalue weighted by molar-refractivity contribution is 0.0697. The van der Waals surface area contributed by atoms with Crippen LogP contribution in [0.5, 0.6) is 5.75 Å². The number of carbonyl (C=O) groups is 1. The van der Waals surface area contributed by atoms with Crippen LogP contribution in [0.1, 0.15) is 45.7 Å². The number of aromatic carboxylic acids is 1. The number of imidazole rings is 1. The van der Waals surface area contributed by atoms with Gasteiger partial charge in [0.2, 0.25) is 0 Å². The molecule has 0 bridgehead atoms. The molecule has 44 heavy (non-hydrogen) atoms. The molecule has 0 spiro atoms. The first-order valence-corrected chi connectivity index (χ1v) is 14.0. The Morgan fingerprint density at radius 3 is 2.61 bits per heavy atom. The van der Waals surface area contributed by atoms with E-state index < -0.39 is 23.4 Å². The fourth-order valence-corrected chi connectivity index (χ4v) is 5.39. The predicted octanol–water partition coefficient (Wildman–Crippen LogP) is 7.04. The second kappa shape index (κ2) is 12.2. The van der Waals surface area contributed by atoms with E-state index in [1.807, 2.05) is 10.6 Å². The summed E-state index contributed by atoms with van der Waals surface area (Å²) in [6, 6.07) is 19.2.